The molecule has 1 heterocycles. The van der Waals surface area contributed by atoms with Crippen molar-refractivity contribution in [1.82, 2.24) is 15.0 Å². The summed E-state index contributed by atoms with van der Waals surface area (Å²) in [6.07, 6.45) is 0. The molecule has 0 spiro atoms. The van der Waals surface area contributed by atoms with E-state index in [1.165, 1.54) is 22.3 Å². The maximum absolute atomic E-state index is 5.29. The first-order valence-corrected chi connectivity index (χ1v) is 17.8. The summed E-state index contributed by atoms with van der Waals surface area (Å²) in [5, 5.41) is 0. The summed E-state index contributed by atoms with van der Waals surface area (Å²) in [6, 6.07) is 58.2. The second-order valence-electron chi connectivity index (χ2n) is 13.7. The Bertz CT molecular complexity index is 2280. The highest BCUT2D eigenvalue weighted by atomic mass is 15.0. The Kier molecular flexibility index (Phi) is 8.84. The van der Waals surface area contributed by atoms with E-state index in [-0.39, 0.29) is 0 Å². The Morgan fingerprint density at radius 3 is 0.808 bits per heavy atom. The van der Waals surface area contributed by atoms with E-state index in [9.17, 15) is 0 Å². The van der Waals surface area contributed by atoms with Gasteiger partial charge in [0.15, 0.2) is 17.5 Å². The van der Waals surface area contributed by atoms with Crippen molar-refractivity contribution in [2.24, 2.45) is 0 Å². The van der Waals surface area contributed by atoms with E-state index in [0.29, 0.717) is 17.5 Å². The molecule has 3 nitrogen and oxygen atoms in total. The van der Waals surface area contributed by atoms with Crippen LogP contribution in [0.25, 0.3) is 78.7 Å². The van der Waals surface area contributed by atoms with Crippen molar-refractivity contribution in [3.8, 4) is 78.7 Å². The van der Waals surface area contributed by atoms with Gasteiger partial charge in [-0.15, -0.1) is 0 Å². The molecule has 0 atom stereocenters. The number of nitrogens with zero attached hydrogens (tertiary/aromatic N) is 3. The van der Waals surface area contributed by atoms with Crippen molar-refractivity contribution < 1.29 is 0 Å². The molecule has 0 bridgehead atoms. The lowest BCUT2D eigenvalue weighted by Gasteiger charge is -2.14. The molecule has 0 aliphatic carbocycles. The Labute approximate surface area is 306 Å². The Morgan fingerprint density at radius 2 is 0.500 bits per heavy atom. The first-order valence-electron chi connectivity index (χ1n) is 17.8. The van der Waals surface area contributed by atoms with E-state index in [2.05, 4.69) is 173 Å². The fraction of sp³-hybridized carbons (Fsp3) is 0.0816. The van der Waals surface area contributed by atoms with E-state index in [0.717, 1.165) is 61.2 Å². The molecule has 0 unspecified atom stereocenters. The third kappa shape index (κ3) is 7.08. The van der Waals surface area contributed by atoms with Gasteiger partial charge >= 0.3 is 0 Å². The molecule has 52 heavy (non-hydrogen) atoms. The quantitative estimate of drug-likeness (QED) is 0.169. The summed E-state index contributed by atoms with van der Waals surface area (Å²) in [4.78, 5) is 15.6. The number of aryl methyl sites for hydroxylation is 4. The van der Waals surface area contributed by atoms with Crippen molar-refractivity contribution in [2.75, 3.05) is 0 Å². The first-order chi connectivity index (χ1) is 25.3. The van der Waals surface area contributed by atoms with Gasteiger partial charge in [0.2, 0.25) is 0 Å². The van der Waals surface area contributed by atoms with Crippen molar-refractivity contribution in [1.29, 1.82) is 0 Å². The van der Waals surface area contributed by atoms with Gasteiger partial charge in [-0.25, -0.2) is 15.0 Å². The van der Waals surface area contributed by atoms with E-state index in [4.69, 9.17) is 15.0 Å². The minimum atomic E-state index is 0.630. The zero-order chi connectivity index (χ0) is 35.6. The summed E-state index contributed by atoms with van der Waals surface area (Å²) in [5.41, 5.74) is 16.7. The first kappa shape index (κ1) is 32.7. The molecule has 0 aliphatic heterocycles. The third-order valence-electron chi connectivity index (χ3n) is 9.46. The van der Waals surface area contributed by atoms with Crippen LogP contribution in [0.3, 0.4) is 0 Å². The molecule has 0 N–H and O–H groups in total. The molecule has 0 amide bonds. The van der Waals surface area contributed by atoms with Crippen molar-refractivity contribution >= 4 is 0 Å². The molecule has 0 radical (unpaired) electrons. The van der Waals surface area contributed by atoms with Crippen LogP contribution in [0, 0.1) is 27.7 Å². The van der Waals surface area contributed by atoms with Gasteiger partial charge in [0, 0.05) is 16.7 Å². The van der Waals surface area contributed by atoms with Gasteiger partial charge in [0.1, 0.15) is 0 Å². The molecule has 0 fully saturated rings. The average Bonchev–Trinajstić information content (AvgIpc) is 3.18. The second-order valence-corrected chi connectivity index (χ2v) is 13.7. The molecule has 0 aliphatic rings. The number of benzene rings is 7. The van der Waals surface area contributed by atoms with E-state index in [1.807, 2.05) is 18.2 Å². The van der Waals surface area contributed by atoms with Crippen LogP contribution in [0.15, 0.2) is 164 Å². The molecule has 8 aromatic rings. The van der Waals surface area contributed by atoms with Crippen molar-refractivity contribution in [2.45, 2.75) is 27.7 Å². The summed E-state index contributed by atoms with van der Waals surface area (Å²) < 4.78 is 0. The van der Waals surface area contributed by atoms with Gasteiger partial charge in [-0.05, 0) is 109 Å². The Morgan fingerprint density at radius 1 is 0.231 bits per heavy atom. The highest BCUT2D eigenvalue weighted by Crippen LogP contribution is 2.36. The lowest BCUT2D eigenvalue weighted by atomic mass is 9.94. The predicted octanol–water partition coefficient (Wildman–Crippen LogP) is 12.8. The smallest absolute Gasteiger partial charge is 0.164 e. The standard InChI is InChI=1S/C49H39N3/c1-32-12-8-18-37(22-32)41-26-42(38-19-9-13-33(2)23-38)29-45(28-41)48-50-47(36-16-6-5-7-17-36)51-49(52-48)46-30-43(39-20-10-14-34(3)24-39)27-44(31-46)40-21-11-15-35(4)25-40/h5-31H,1-4H3. The van der Waals surface area contributed by atoms with E-state index < -0.39 is 0 Å². The number of aromatic nitrogens is 3. The van der Waals surface area contributed by atoms with Gasteiger partial charge in [-0.1, -0.05) is 150 Å². The normalized spacial score (nSPS) is 11.1. The highest BCUT2D eigenvalue weighted by Gasteiger charge is 2.17. The molecule has 1 aromatic heterocycles. The van der Waals surface area contributed by atoms with Crippen LogP contribution in [0.1, 0.15) is 22.3 Å². The zero-order valence-corrected chi connectivity index (χ0v) is 29.9. The average molecular weight is 670 g/mol. The molecular weight excluding hydrogens is 631 g/mol. The topological polar surface area (TPSA) is 38.7 Å². The van der Waals surface area contributed by atoms with Crippen LogP contribution >= 0.6 is 0 Å². The second kappa shape index (κ2) is 14.0. The summed E-state index contributed by atoms with van der Waals surface area (Å²) in [6.45, 7) is 8.54. The molecule has 0 saturated heterocycles. The SMILES string of the molecule is Cc1cccc(-c2cc(-c3cccc(C)c3)cc(-c3nc(-c4ccccc4)nc(-c4cc(-c5cccc(C)c5)cc(-c5cccc(C)c5)c4)n3)c2)c1. The van der Waals surface area contributed by atoms with Gasteiger partial charge in [0.25, 0.3) is 0 Å². The lowest BCUT2D eigenvalue weighted by molar-refractivity contribution is 1.07. The number of hydrogen-bond donors (Lipinski definition) is 0. The Balaban J connectivity index is 1.37. The summed E-state index contributed by atoms with van der Waals surface area (Å²) in [5.74, 6) is 1.90. The maximum atomic E-state index is 5.29. The molecule has 0 saturated carbocycles. The van der Waals surface area contributed by atoms with E-state index in [1.54, 1.807) is 0 Å². The van der Waals surface area contributed by atoms with Gasteiger partial charge in [-0.2, -0.15) is 0 Å². The maximum Gasteiger partial charge on any atom is 0.164 e. The molecule has 7 aromatic carbocycles. The number of hydrogen-bond acceptors (Lipinski definition) is 3. The zero-order valence-electron chi connectivity index (χ0n) is 29.9. The summed E-state index contributed by atoms with van der Waals surface area (Å²) in [7, 11) is 0. The minimum Gasteiger partial charge on any atom is -0.208 e. The monoisotopic (exact) mass is 669 g/mol. The largest absolute Gasteiger partial charge is 0.208 e. The lowest BCUT2D eigenvalue weighted by Crippen LogP contribution is -2.01. The van der Waals surface area contributed by atoms with Crippen LogP contribution in [0.2, 0.25) is 0 Å². The molecule has 3 heteroatoms. The van der Waals surface area contributed by atoms with Crippen LogP contribution in [0.5, 0.6) is 0 Å². The van der Waals surface area contributed by atoms with Crippen LogP contribution in [-0.4, -0.2) is 15.0 Å². The Hall–Kier alpha value is -6.45. The van der Waals surface area contributed by atoms with Crippen molar-refractivity contribution in [3.05, 3.63) is 186 Å². The van der Waals surface area contributed by atoms with Crippen LogP contribution < -0.4 is 0 Å². The minimum absolute atomic E-state index is 0.630. The fourth-order valence-electron chi connectivity index (χ4n) is 6.83. The number of rotatable bonds is 7. The van der Waals surface area contributed by atoms with Crippen molar-refractivity contribution in [3.63, 3.8) is 0 Å². The fourth-order valence-corrected chi connectivity index (χ4v) is 6.83. The molecule has 250 valence electrons. The summed E-state index contributed by atoms with van der Waals surface area (Å²) >= 11 is 0. The molecule has 8 rings (SSSR count). The third-order valence-corrected chi connectivity index (χ3v) is 9.46. The van der Waals surface area contributed by atoms with Gasteiger partial charge < -0.3 is 0 Å². The van der Waals surface area contributed by atoms with Gasteiger partial charge in [0.05, 0.1) is 0 Å². The van der Waals surface area contributed by atoms with Crippen LogP contribution in [0.4, 0.5) is 0 Å². The van der Waals surface area contributed by atoms with Gasteiger partial charge in [-0.3, -0.25) is 0 Å². The predicted molar refractivity (Wildman–Crippen MR) is 217 cm³/mol. The van der Waals surface area contributed by atoms with Crippen LogP contribution in [-0.2, 0) is 0 Å². The molecular formula is C49H39N3. The highest BCUT2D eigenvalue weighted by molar-refractivity contribution is 5.83. The van der Waals surface area contributed by atoms with E-state index >= 15 is 0 Å².